The van der Waals surface area contributed by atoms with Gasteiger partial charge in [-0.2, -0.15) is 0 Å². The van der Waals surface area contributed by atoms with Crippen LogP contribution in [-0.4, -0.2) is 26.0 Å². The van der Waals surface area contributed by atoms with E-state index in [4.69, 9.17) is 20.9 Å². The summed E-state index contributed by atoms with van der Waals surface area (Å²) in [6.07, 6.45) is 0. The highest BCUT2D eigenvalue weighted by atomic mass is 16.5. The smallest absolute Gasteiger partial charge is 0.252 e. The van der Waals surface area contributed by atoms with Gasteiger partial charge < -0.3 is 20.9 Å². The number of primary amides is 2. The monoisotopic (exact) mass is 224 g/mol. The van der Waals surface area contributed by atoms with E-state index in [0.717, 1.165) is 0 Å². The largest absolute Gasteiger partial charge is 0.497 e. The Morgan fingerprint density at radius 1 is 1.00 bits per heavy atom. The summed E-state index contributed by atoms with van der Waals surface area (Å²) in [4.78, 5) is 22.3. The number of rotatable bonds is 4. The number of carbonyl (C=O) groups excluding carboxylic acids is 2. The van der Waals surface area contributed by atoms with Gasteiger partial charge in [-0.25, -0.2) is 0 Å². The molecule has 0 aromatic heterocycles. The zero-order valence-corrected chi connectivity index (χ0v) is 8.94. The van der Waals surface area contributed by atoms with E-state index in [0.29, 0.717) is 5.75 Å². The Bertz CT molecular complexity index is 407. The van der Waals surface area contributed by atoms with Gasteiger partial charge in [-0.3, -0.25) is 9.59 Å². The molecule has 0 aliphatic heterocycles. The van der Waals surface area contributed by atoms with Crippen LogP contribution >= 0.6 is 0 Å². The van der Waals surface area contributed by atoms with Crippen LogP contribution in [0.2, 0.25) is 0 Å². The minimum atomic E-state index is -0.724. The second-order valence-electron chi connectivity index (χ2n) is 2.98. The Morgan fingerprint density at radius 2 is 1.44 bits per heavy atom. The Morgan fingerprint density at radius 3 is 1.69 bits per heavy atom. The van der Waals surface area contributed by atoms with Gasteiger partial charge in [-0.1, -0.05) is 0 Å². The number of methoxy groups -OCH3 is 2. The summed E-state index contributed by atoms with van der Waals surface area (Å²) in [5.74, 6) is -1.08. The number of hydrogen-bond acceptors (Lipinski definition) is 4. The number of ether oxygens (including phenoxy) is 2. The predicted molar refractivity (Wildman–Crippen MR) is 56.6 cm³/mol. The minimum absolute atomic E-state index is 0.0515. The van der Waals surface area contributed by atoms with E-state index in [2.05, 4.69) is 0 Å². The third-order valence-corrected chi connectivity index (χ3v) is 2.03. The molecule has 1 rings (SSSR count). The van der Waals surface area contributed by atoms with E-state index < -0.39 is 11.8 Å². The molecule has 6 nitrogen and oxygen atoms in total. The highest BCUT2D eigenvalue weighted by molar-refractivity contribution is 6.03. The summed E-state index contributed by atoms with van der Waals surface area (Å²) < 4.78 is 9.87. The lowest BCUT2D eigenvalue weighted by Gasteiger charge is -2.11. The van der Waals surface area contributed by atoms with Crippen molar-refractivity contribution in [2.24, 2.45) is 11.5 Å². The SMILES string of the molecule is COc1cc(C(N)=O)c(OC)c(C(N)=O)c1. The number of amides is 2. The van der Waals surface area contributed by atoms with Gasteiger partial charge in [-0.05, 0) is 12.1 Å². The molecule has 1 aromatic rings. The van der Waals surface area contributed by atoms with Crippen LogP contribution in [0.4, 0.5) is 0 Å². The third kappa shape index (κ3) is 2.05. The summed E-state index contributed by atoms with van der Waals surface area (Å²) in [6, 6.07) is 2.77. The molecule has 0 bridgehead atoms. The molecule has 16 heavy (non-hydrogen) atoms. The molecule has 4 N–H and O–H groups in total. The van der Waals surface area contributed by atoms with E-state index in [1.54, 1.807) is 0 Å². The second kappa shape index (κ2) is 4.52. The molecule has 0 aliphatic rings. The van der Waals surface area contributed by atoms with Crippen molar-refractivity contribution in [3.63, 3.8) is 0 Å². The van der Waals surface area contributed by atoms with Crippen molar-refractivity contribution in [3.8, 4) is 11.5 Å². The Balaban J connectivity index is 3.52. The molecule has 2 amide bonds. The molecule has 6 heteroatoms. The van der Waals surface area contributed by atoms with E-state index in [1.165, 1.54) is 26.4 Å². The molecule has 0 heterocycles. The van der Waals surface area contributed by atoms with E-state index in [9.17, 15) is 9.59 Å². The number of hydrogen-bond donors (Lipinski definition) is 2. The van der Waals surface area contributed by atoms with Crippen LogP contribution in [-0.2, 0) is 0 Å². The van der Waals surface area contributed by atoms with Crippen LogP contribution < -0.4 is 20.9 Å². The quantitative estimate of drug-likeness (QED) is 0.745. The van der Waals surface area contributed by atoms with Gasteiger partial charge >= 0.3 is 0 Å². The van der Waals surface area contributed by atoms with Gasteiger partial charge in [0.25, 0.3) is 11.8 Å². The van der Waals surface area contributed by atoms with Crippen molar-refractivity contribution < 1.29 is 19.1 Å². The van der Waals surface area contributed by atoms with Crippen molar-refractivity contribution in [2.45, 2.75) is 0 Å². The molecule has 0 saturated heterocycles. The Hall–Kier alpha value is -2.24. The van der Waals surface area contributed by atoms with Gasteiger partial charge in [0, 0.05) is 0 Å². The Kier molecular flexibility index (Phi) is 3.34. The number of nitrogens with two attached hydrogens (primary N) is 2. The molecule has 0 atom stereocenters. The van der Waals surface area contributed by atoms with Crippen molar-refractivity contribution in [2.75, 3.05) is 14.2 Å². The molecule has 0 spiro atoms. The van der Waals surface area contributed by atoms with Crippen LogP contribution in [0.5, 0.6) is 11.5 Å². The van der Waals surface area contributed by atoms with Crippen LogP contribution in [0.1, 0.15) is 20.7 Å². The zero-order chi connectivity index (χ0) is 12.3. The lowest BCUT2D eigenvalue weighted by atomic mass is 10.1. The summed E-state index contributed by atoms with van der Waals surface area (Å²) in [5.41, 5.74) is 10.4. The molecule has 0 saturated carbocycles. The lowest BCUT2D eigenvalue weighted by Crippen LogP contribution is -2.18. The average Bonchev–Trinajstić information content (AvgIpc) is 2.26. The van der Waals surface area contributed by atoms with Crippen LogP contribution in [0, 0.1) is 0 Å². The molecule has 0 radical (unpaired) electrons. The molecule has 0 unspecified atom stereocenters. The fourth-order valence-corrected chi connectivity index (χ4v) is 1.31. The minimum Gasteiger partial charge on any atom is -0.497 e. The van der Waals surface area contributed by atoms with E-state index >= 15 is 0 Å². The fraction of sp³-hybridized carbons (Fsp3) is 0.200. The summed E-state index contributed by atoms with van der Waals surface area (Å²) in [7, 11) is 2.72. The first-order chi connectivity index (χ1) is 7.51. The van der Waals surface area contributed by atoms with Gasteiger partial charge in [0.05, 0.1) is 25.3 Å². The normalized spacial score (nSPS) is 9.62. The molecule has 0 fully saturated rings. The van der Waals surface area contributed by atoms with Gasteiger partial charge in [0.1, 0.15) is 11.5 Å². The first-order valence-electron chi connectivity index (χ1n) is 4.37. The molecular formula is C10H12N2O4. The second-order valence-corrected chi connectivity index (χ2v) is 2.98. The maximum atomic E-state index is 11.2. The molecular weight excluding hydrogens is 212 g/mol. The summed E-state index contributed by atoms with van der Waals surface area (Å²) in [5, 5.41) is 0. The highest BCUT2D eigenvalue weighted by Crippen LogP contribution is 2.28. The fourth-order valence-electron chi connectivity index (χ4n) is 1.31. The molecule has 86 valence electrons. The maximum Gasteiger partial charge on any atom is 0.252 e. The third-order valence-electron chi connectivity index (χ3n) is 2.03. The maximum absolute atomic E-state index is 11.2. The lowest BCUT2D eigenvalue weighted by molar-refractivity contribution is 0.0995. The van der Waals surface area contributed by atoms with Gasteiger partial charge in [-0.15, -0.1) is 0 Å². The first-order valence-corrected chi connectivity index (χ1v) is 4.37. The topological polar surface area (TPSA) is 105 Å². The van der Waals surface area contributed by atoms with Gasteiger partial charge in [0.2, 0.25) is 0 Å². The van der Waals surface area contributed by atoms with Crippen molar-refractivity contribution in [1.29, 1.82) is 0 Å². The summed E-state index contributed by atoms with van der Waals surface area (Å²) in [6.45, 7) is 0. The molecule has 1 aromatic carbocycles. The van der Waals surface area contributed by atoms with Crippen molar-refractivity contribution in [1.82, 2.24) is 0 Å². The average molecular weight is 224 g/mol. The van der Waals surface area contributed by atoms with Crippen LogP contribution in [0.25, 0.3) is 0 Å². The Labute approximate surface area is 92.1 Å². The first kappa shape index (κ1) is 11.8. The van der Waals surface area contributed by atoms with Crippen LogP contribution in [0.3, 0.4) is 0 Å². The van der Waals surface area contributed by atoms with Crippen molar-refractivity contribution in [3.05, 3.63) is 23.3 Å². The summed E-state index contributed by atoms with van der Waals surface area (Å²) >= 11 is 0. The predicted octanol–water partition coefficient (Wildman–Crippen LogP) is -0.0984. The number of carbonyl (C=O) groups is 2. The van der Waals surface area contributed by atoms with Crippen molar-refractivity contribution >= 4 is 11.8 Å². The van der Waals surface area contributed by atoms with Crippen LogP contribution in [0.15, 0.2) is 12.1 Å². The highest BCUT2D eigenvalue weighted by Gasteiger charge is 2.19. The van der Waals surface area contributed by atoms with E-state index in [1.807, 2.05) is 0 Å². The molecule has 0 aliphatic carbocycles. The van der Waals surface area contributed by atoms with Gasteiger partial charge in [0.15, 0.2) is 0 Å². The standard InChI is InChI=1S/C10H12N2O4/c1-15-5-3-6(9(11)13)8(16-2)7(4-5)10(12)14/h3-4H,1-2H3,(H2,11,13)(H2,12,14). The van der Waals surface area contributed by atoms with E-state index in [-0.39, 0.29) is 16.9 Å². The zero-order valence-electron chi connectivity index (χ0n) is 8.94. The number of benzene rings is 1.